The summed E-state index contributed by atoms with van der Waals surface area (Å²) < 4.78 is 1.72. The Kier molecular flexibility index (Phi) is 3.54. The first-order valence-corrected chi connectivity index (χ1v) is 5.79. The molecular weight excluding hydrogens is 212 g/mol. The zero-order valence-electron chi connectivity index (χ0n) is 10.5. The van der Waals surface area contributed by atoms with Crippen LogP contribution in [0.1, 0.15) is 29.9 Å². The number of benzene rings is 1. The molecule has 1 atom stereocenters. The molecule has 1 heterocycles. The van der Waals surface area contributed by atoms with Crippen LogP contribution in [0.25, 0.3) is 0 Å². The van der Waals surface area contributed by atoms with Crippen molar-refractivity contribution in [2.24, 2.45) is 7.05 Å². The lowest BCUT2D eigenvalue weighted by molar-refractivity contribution is 0.556. The van der Waals surface area contributed by atoms with Crippen molar-refractivity contribution >= 4 is 0 Å². The zero-order valence-corrected chi connectivity index (χ0v) is 10.5. The first-order chi connectivity index (χ1) is 8.15. The van der Waals surface area contributed by atoms with Crippen LogP contribution in [0, 0.1) is 6.92 Å². The van der Waals surface area contributed by atoms with Gasteiger partial charge in [-0.1, -0.05) is 29.8 Å². The van der Waals surface area contributed by atoms with E-state index >= 15 is 0 Å². The third-order valence-electron chi connectivity index (χ3n) is 2.76. The van der Waals surface area contributed by atoms with Crippen molar-refractivity contribution in [1.82, 2.24) is 20.1 Å². The molecule has 0 amide bonds. The van der Waals surface area contributed by atoms with Gasteiger partial charge >= 0.3 is 0 Å². The smallest absolute Gasteiger partial charge is 0.164 e. The number of rotatable bonds is 4. The maximum Gasteiger partial charge on any atom is 0.164 e. The predicted octanol–water partition coefficient (Wildman–Crippen LogP) is 1.97. The number of hydrogen-bond acceptors (Lipinski definition) is 3. The Morgan fingerprint density at radius 2 is 2.24 bits per heavy atom. The van der Waals surface area contributed by atoms with E-state index in [9.17, 15) is 0 Å². The molecule has 1 unspecified atom stereocenters. The van der Waals surface area contributed by atoms with Crippen LogP contribution in [0.15, 0.2) is 30.6 Å². The van der Waals surface area contributed by atoms with Gasteiger partial charge in [-0.05, 0) is 19.4 Å². The van der Waals surface area contributed by atoms with Crippen molar-refractivity contribution < 1.29 is 0 Å². The number of aryl methyl sites for hydroxylation is 2. The molecule has 1 N–H and O–H groups in total. The standard InChI is InChI=1S/C13H18N4/c1-10-5-4-6-12(7-10)11(2)14-8-13-15-9-17(3)16-13/h4-7,9,11,14H,8H2,1-3H3. The highest BCUT2D eigenvalue weighted by Gasteiger charge is 2.06. The molecule has 0 saturated carbocycles. The summed E-state index contributed by atoms with van der Waals surface area (Å²) in [6.45, 7) is 4.95. The van der Waals surface area contributed by atoms with Gasteiger partial charge in [0.1, 0.15) is 6.33 Å². The Morgan fingerprint density at radius 3 is 2.88 bits per heavy atom. The Morgan fingerprint density at radius 1 is 1.41 bits per heavy atom. The Balaban J connectivity index is 1.95. The largest absolute Gasteiger partial charge is 0.303 e. The molecule has 2 aromatic rings. The van der Waals surface area contributed by atoms with Crippen LogP contribution in [0.4, 0.5) is 0 Å². The number of hydrogen-bond donors (Lipinski definition) is 1. The zero-order chi connectivity index (χ0) is 12.3. The molecule has 2 rings (SSSR count). The van der Waals surface area contributed by atoms with Gasteiger partial charge in [0.2, 0.25) is 0 Å². The van der Waals surface area contributed by atoms with Gasteiger partial charge < -0.3 is 5.32 Å². The van der Waals surface area contributed by atoms with Crippen LogP contribution in [-0.4, -0.2) is 14.8 Å². The maximum absolute atomic E-state index is 4.24. The minimum atomic E-state index is 0.304. The topological polar surface area (TPSA) is 42.7 Å². The van der Waals surface area contributed by atoms with Crippen LogP contribution >= 0.6 is 0 Å². The van der Waals surface area contributed by atoms with E-state index in [1.165, 1.54) is 11.1 Å². The van der Waals surface area contributed by atoms with Crippen molar-refractivity contribution in [3.63, 3.8) is 0 Å². The summed E-state index contributed by atoms with van der Waals surface area (Å²) in [5.41, 5.74) is 2.58. The quantitative estimate of drug-likeness (QED) is 0.873. The fourth-order valence-electron chi connectivity index (χ4n) is 1.77. The summed E-state index contributed by atoms with van der Waals surface area (Å²) >= 11 is 0. The molecule has 0 saturated heterocycles. The first kappa shape index (κ1) is 11.8. The van der Waals surface area contributed by atoms with Crippen molar-refractivity contribution in [3.05, 3.63) is 47.5 Å². The third-order valence-corrected chi connectivity index (χ3v) is 2.76. The summed E-state index contributed by atoms with van der Waals surface area (Å²) in [5.74, 6) is 0.826. The maximum atomic E-state index is 4.24. The first-order valence-electron chi connectivity index (χ1n) is 5.79. The molecule has 17 heavy (non-hydrogen) atoms. The second-order valence-electron chi connectivity index (χ2n) is 4.35. The SMILES string of the molecule is Cc1cccc(C(C)NCc2ncn(C)n2)c1. The molecule has 0 aliphatic rings. The van der Waals surface area contributed by atoms with Crippen molar-refractivity contribution in [2.75, 3.05) is 0 Å². The van der Waals surface area contributed by atoms with Crippen LogP contribution < -0.4 is 5.32 Å². The Hall–Kier alpha value is -1.68. The number of aromatic nitrogens is 3. The minimum absolute atomic E-state index is 0.304. The highest BCUT2D eigenvalue weighted by atomic mass is 15.3. The third kappa shape index (κ3) is 3.14. The lowest BCUT2D eigenvalue weighted by atomic mass is 10.1. The van der Waals surface area contributed by atoms with E-state index in [0.29, 0.717) is 12.6 Å². The van der Waals surface area contributed by atoms with Crippen molar-refractivity contribution in [2.45, 2.75) is 26.4 Å². The fourth-order valence-corrected chi connectivity index (χ4v) is 1.77. The summed E-state index contributed by atoms with van der Waals surface area (Å²) in [6.07, 6.45) is 1.72. The van der Waals surface area contributed by atoms with Crippen LogP contribution in [0.3, 0.4) is 0 Å². The molecule has 4 nitrogen and oxygen atoms in total. The van der Waals surface area contributed by atoms with Gasteiger partial charge in [-0.3, -0.25) is 4.68 Å². The van der Waals surface area contributed by atoms with Gasteiger partial charge in [0.15, 0.2) is 5.82 Å². The predicted molar refractivity (Wildman–Crippen MR) is 67.4 cm³/mol. The van der Waals surface area contributed by atoms with Crippen LogP contribution in [0.5, 0.6) is 0 Å². The molecule has 1 aromatic carbocycles. The Labute approximate surface area is 102 Å². The Bertz CT molecular complexity index is 490. The van der Waals surface area contributed by atoms with Gasteiger partial charge in [-0.2, -0.15) is 5.10 Å². The molecule has 4 heteroatoms. The summed E-state index contributed by atoms with van der Waals surface area (Å²) in [6, 6.07) is 8.83. The lowest BCUT2D eigenvalue weighted by Gasteiger charge is -2.13. The van der Waals surface area contributed by atoms with Gasteiger partial charge in [-0.15, -0.1) is 0 Å². The monoisotopic (exact) mass is 230 g/mol. The summed E-state index contributed by atoms with van der Waals surface area (Å²) in [4.78, 5) is 4.19. The average Bonchev–Trinajstić information content (AvgIpc) is 2.72. The minimum Gasteiger partial charge on any atom is -0.303 e. The molecule has 1 aromatic heterocycles. The highest BCUT2D eigenvalue weighted by molar-refractivity contribution is 5.24. The summed E-state index contributed by atoms with van der Waals surface area (Å²) in [7, 11) is 1.88. The van der Waals surface area contributed by atoms with E-state index in [2.05, 4.69) is 53.5 Å². The molecular formula is C13H18N4. The van der Waals surface area contributed by atoms with E-state index in [1.54, 1.807) is 11.0 Å². The highest BCUT2D eigenvalue weighted by Crippen LogP contribution is 2.13. The van der Waals surface area contributed by atoms with Crippen LogP contribution in [-0.2, 0) is 13.6 Å². The van der Waals surface area contributed by atoms with Gasteiger partial charge in [-0.25, -0.2) is 4.98 Å². The molecule has 90 valence electrons. The van der Waals surface area contributed by atoms with Gasteiger partial charge in [0.25, 0.3) is 0 Å². The van der Waals surface area contributed by atoms with Crippen molar-refractivity contribution in [3.8, 4) is 0 Å². The average molecular weight is 230 g/mol. The van der Waals surface area contributed by atoms with Gasteiger partial charge in [0.05, 0.1) is 6.54 Å². The summed E-state index contributed by atoms with van der Waals surface area (Å²) in [5, 5.41) is 7.65. The van der Waals surface area contributed by atoms with Crippen LogP contribution in [0.2, 0.25) is 0 Å². The van der Waals surface area contributed by atoms with E-state index in [-0.39, 0.29) is 0 Å². The fraction of sp³-hybridized carbons (Fsp3) is 0.385. The second-order valence-corrected chi connectivity index (χ2v) is 4.35. The van der Waals surface area contributed by atoms with Crippen molar-refractivity contribution in [1.29, 1.82) is 0 Å². The molecule has 0 radical (unpaired) electrons. The molecule has 0 bridgehead atoms. The lowest BCUT2D eigenvalue weighted by Crippen LogP contribution is -2.19. The van der Waals surface area contributed by atoms with E-state index < -0.39 is 0 Å². The van der Waals surface area contributed by atoms with E-state index in [4.69, 9.17) is 0 Å². The molecule has 0 aliphatic carbocycles. The van der Waals surface area contributed by atoms with Gasteiger partial charge in [0, 0.05) is 13.1 Å². The second kappa shape index (κ2) is 5.10. The number of nitrogens with one attached hydrogen (secondary N) is 1. The molecule has 0 fully saturated rings. The number of nitrogens with zero attached hydrogens (tertiary/aromatic N) is 3. The normalized spacial score (nSPS) is 12.6. The molecule has 0 spiro atoms. The molecule has 0 aliphatic heterocycles. The van der Waals surface area contributed by atoms with E-state index in [0.717, 1.165) is 5.82 Å². The van der Waals surface area contributed by atoms with E-state index in [1.807, 2.05) is 7.05 Å².